The fraction of sp³-hybridized carbons (Fsp3) is 0.391. The third-order valence-electron chi connectivity index (χ3n) is 5.88. The number of hydrogen-bond acceptors (Lipinski definition) is 6. The number of pyridine rings is 1. The number of cyclic esters (lactones) is 1. The zero-order valence-corrected chi connectivity index (χ0v) is 19.1. The van der Waals surface area contributed by atoms with Gasteiger partial charge in [0.1, 0.15) is 11.9 Å². The van der Waals surface area contributed by atoms with Crippen LogP contribution >= 0.6 is 12.2 Å². The van der Waals surface area contributed by atoms with Crippen molar-refractivity contribution in [2.75, 3.05) is 41.3 Å². The Labute approximate surface area is 197 Å². The summed E-state index contributed by atoms with van der Waals surface area (Å²) in [6, 6.07) is 8.47. The van der Waals surface area contributed by atoms with E-state index >= 15 is 4.39 Å². The molecule has 0 aliphatic carbocycles. The minimum Gasteiger partial charge on any atom is -0.442 e. The maximum Gasteiger partial charge on any atom is 0.414 e. The molecule has 0 unspecified atom stereocenters. The predicted molar refractivity (Wildman–Crippen MR) is 129 cm³/mol. The van der Waals surface area contributed by atoms with E-state index in [9.17, 15) is 4.79 Å². The first-order chi connectivity index (χ1) is 15.9. The monoisotopic (exact) mass is 468 g/mol. The van der Waals surface area contributed by atoms with Crippen molar-refractivity contribution < 1.29 is 13.9 Å². The van der Waals surface area contributed by atoms with E-state index in [1.54, 1.807) is 31.5 Å². The largest absolute Gasteiger partial charge is 0.442 e. The zero-order chi connectivity index (χ0) is 23.4. The Morgan fingerprint density at radius 2 is 2.18 bits per heavy atom. The number of ether oxygens (including phenoxy) is 1. The van der Waals surface area contributed by atoms with Gasteiger partial charge in [-0.1, -0.05) is 12.2 Å². The number of nitrogens with one attached hydrogen (secondary N) is 2. The van der Waals surface area contributed by atoms with Gasteiger partial charge in [-0.15, -0.1) is 0 Å². The molecule has 2 aliphatic rings. The van der Waals surface area contributed by atoms with E-state index in [0.717, 1.165) is 5.69 Å². The molecule has 2 fully saturated rings. The number of benzene rings is 1. The van der Waals surface area contributed by atoms with E-state index < -0.39 is 17.6 Å². The topological polar surface area (TPSA) is 74.1 Å². The fourth-order valence-corrected chi connectivity index (χ4v) is 4.19. The molecule has 1 atom stereocenters. The predicted octanol–water partition coefficient (Wildman–Crippen LogP) is 3.81. The lowest BCUT2D eigenvalue weighted by Gasteiger charge is -2.36. The third kappa shape index (κ3) is 5.14. The molecule has 3 heterocycles. The average Bonchev–Trinajstić information content (AvgIpc) is 3.19. The number of hydrogen-bond donors (Lipinski definition) is 2. The van der Waals surface area contributed by atoms with E-state index in [-0.39, 0.29) is 6.10 Å². The second kappa shape index (κ2) is 9.58. The highest BCUT2D eigenvalue weighted by Gasteiger charge is 2.41. The highest BCUT2D eigenvalue weighted by molar-refractivity contribution is 7.80. The molecule has 1 aromatic carbocycles. The van der Waals surface area contributed by atoms with Crippen molar-refractivity contribution in [1.82, 2.24) is 10.3 Å². The second-order valence-electron chi connectivity index (χ2n) is 8.19. The van der Waals surface area contributed by atoms with Crippen LogP contribution in [0.5, 0.6) is 0 Å². The first kappa shape index (κ1) is 22.7. The Kier molecular flexibility index (Phi) is 6.60. The molecular formula is C23H25FN6O2S. The molecule has 8 nitrogen and oxygen atoms in total. The van der Waals surface area contributed by atoms with Crippen LogP contribution in [0.4, 0.5) is 26.2 Å². The minimum atomic E-state index is -0.737. The van der Waals surface area contributed by atoms with Gasteiger partial charge in [0.05, 0.1) is 54.2 Å². The van der Waals surface area contributed by atoms with Gasteiger partial charge in [0, 0.05) is 19.3 Å². The van der Waals surface area contributed by atoms with Crippen molar-refractivity contribution >= 4 is 40.4 Å². The molecule has 1 aromatic heterocycles. The zero-order valence-electron chi connectivity index (χ0n) is 18.3. The van der Waals surface area contributed by atoms with Gasteiger partial charge >= 0.3 is 11.8 Å². The molecule has 1 amide bonds. The molecule has 2 saturated heterocycles. The highest BCUT2D eigenvalue weighted by atomic mass is 32.1. The van der Waals surface area contributed by atoms with Crippen LogP contribution in [0.25, 0.3) is 4.85 Å². The standard InChI is InChI=1S/C23H25FN6O2S/c1-16(33)27-14-19-15-30(22(31)32-19)18-5-6-21(20(24)12-18)29-10-7-23(25-2,8-11-29)28-17-4-3-9-26-13-17/h3-6,9,12-13,19,28H,7-8,10-11,14-15H2,1H3,(H,27,33)/t19-/m0/s1. The van der Waals surface area contributed by atoms with Gasteiger partial charge in [0.25, 0.3) is 0 Å². The second-order valence-corrected chi connectivity index (χ2v) is 8.80. The van der Waals surface area contributed by atoms with Gasteiger partial charge < -0.3 is 20.3 Å². The maximum atomic E-state index is 15.1. The Morgan fingerprint density at radius 1 is 1.39 bits per heavy atom. The summed E-state index contributed by atoms with van der Waals surface area (Å²) < 4.78 is 20.4. The first-order valence-electron chi connectivity index (χ1n) is 10.7. The lowest BCUT2D eigenvalue weighted by molar-refractivity contribution is 0.143. The van der Waals surface area contributed by atoms with Crippen LogP contribution < -0.4 is 20.4 Å². The number of anilines is 3. The highest BCUT2D eigenvalue weighted by Crippen LogP contribution is 2.33. The number of carbonyl (C=O) groups is 1. The number of rotatable bonds is 6. The number of carbonyl (C=O) groups excluding carboxylic acids is 1. The minimum absolute atomic E-state index is 0.324. The summed E-state index contributed by atoms with van der Waals surface area (Å²) in [4.78, 5) is 24.2. The third-order valence-corrected chi connectivity index (χ3v) is 6.02. The summed E-state index contributed by atoms with van der Waals surface area (Å²) >= 11 is 4.99. The molecule has 4 rings (SSSR count). The number of thiocarbonyl (C=S) groups is 1. The van der Waals surface area contributed by atoms with E-state index in [1.165, 1.54) is 11.0 Å². The van der Waals surface area contributed by atoms with Gasteiger partial charge in [-0.2, -0.15) is 0 Å². The van der Waals surface area contributed by atoms with Crippen molar-refractivity contribution in [1.29, 1.82) is 0 Å². The van der Waals surface area contributed by atoms with Crippen molar-refractivity contribution in [3.8, 4) is 0 Å². The summed E-state index contributed by atoms with van der Waals surface area (Å²) in [7, 11) is 0. The summed E-state index contributed by atoms with van der Waals surface area (Å²) in [5.74, 6) is -0.410. The van der Waals surface area contributed by atoms with Gasteiger partial charge in [0.15, 0.2) is 0 Å². The Balaban J connectivity index is 1.40. The quantitative estimate of drug-likeness (QED) is 0.493. The van der Waals surface area contributed by atoms with E-state index in [4.69, 9.17) is 23.5 Å². The van der Waals surface area contributed by atoms with Crippen molar-refractivity contribution in [2.45, 2.75) is 31.5 Å². The number of amides is 1. The van der Waals surface area contributed by atoms with Crippen molar-refractivity contribution in [2.24, 2.45) is 0 Å². The molecule has 2 aromatic rings. The lowest BCUT2D eigenvalue weighted by atomic mass is 9.96. The van der Waals surface area contributed by atoms with Crippen LogP contribution in [0.2, 0.25) is 0 Å². The molecule has 0 radical (unpaired) electrons. The number of piperidine rings is 1. The van der Waals surface area contributed by atoms with E-state index in [1.807, 2.05) is 17.0 Å². The molecule has 2 N–H and O–H groups in total. The normalized spacial score (nSPS) is 19.5. The van der Waals surface area contributed by atoms with Crippen LogP contribution in [-0.2, 0) is 4.74 Å². The van der Waals surface area contributed by atoms with Gasteiger partial charge in [0.2, 0.25) is 0 Å². The maximum absolute atomic E-state index is 15.1. The Hall–Kier alpha value is -3.45. The van der Waals surface area contributed by atoms with Crippen LogP contribution in [0.3, 0.4) is 0 Å². The molecule has 33 heavy (non-hydrogen) atoms. The molecule has 10 heteroatoms. The van der Waals surface area contributed by atoms with E-state index in [0.29, 0.717) is 55.4 Å². The van der Waals surface area contributed by atoms with Gasteiger partial charge in [-0.05, 0) is 37.3 Å². The molecular weight excluding hydrogens is 443 g/mol. The van der Waals surface area contributed by atoms with Crippen LogP contribution in [0.1, 0.15) is 19.8 Å². The summed E-state index contributed by atoms with van der Waals surface area (Å²) in [5.41, 5.74) is 0.970. The Morgan fingerprint density at radius 3 is 2.82 bits per heavy atom. The average molecular weight is 469 g/mol. The summed E-state index contributed by atoms with van der Waals surface area (Å²) in [6.07, 6.45) is 3.60. The van der Waals surface area contributed by atoms with Gasteiger partial charge in [-0.25, -0.2) is 15.8 Å². The van der Waals surface area contributed by atoms with Crippen molar-refractivity contribution in [3.63, 3.8) is 0 Å². The van der Waals surface area contributed by atoms with Crippen LogP contribution in [-0.4, -0.2) is 54.0 Å². The number of halogens is 1. The molecule has 0 bridgehead atoms. The molecule has 2 aliphatic heterocycles. The summed E-state index contributed by atoms with van der Waals surface area (Å²) in [5, 5.41) is 6.28. The van der Waals surface area contributed by atoms with E-state index in [2.05, 4.69) is 20.5 Å². The fourth-order valence-electron chi connectivity index (χ4n) is 4.10. The van der Waals surface area contributed by atoms with Crippen LogP contribution in [0, 0.1) is 12.4 Å². The number of nitrogens with zero attached hydrogens (tertiary/aromatic N) is 4. The molecule has 0 saturated carbocycles. The van der Waals surface area contributed by atoms with Gasteiger partial charge in [-0.3, -0.25) is 14.7 Å². The van der Waals surface area contributed by atoms with Crippen molar-refractivity contribution in [3.05, 3.63) is 60.0 Å². The van der Waals surface area contributed by atoms with Crippen LogP contribution in [0.15, 0.2) is 42.7 Å². The first-order valence-corrected chi connectivity index (χ1v) is 11.1. The Bertz CT molecular complexity index is 1070. The summed E-state index contributed by atoms with van der Waals surface area (Å²) in [6.45, 7) is 11.3. The SMILES string of the molecule is [C-]#[N+]C1(Nc2cccnc2)CCN(c2ccc(N3C[C@H](CNC(C)=S)OC3=O)cc2F)CC1. The smallest absolute Gasteiger partial charge is 0.414 e. The lowest BCUT2D eigenvalue weighted by Crippen LogP contribution is -2.47. The molecule has 0 spiro atoms. The number of aromatic nitrogens is 1. The molecule has 172 valence electrons.